The monoisotopic (exact) mass is 272 g/mol. The molecular formula is C15H20N4O. The van der Waals surface area contributed by atoms with Crippen LogP contribution >= 0.6 is 0 Å². The Labute approximate surface area is 119 Å². The molecule has 0 aliphatic carbocycles. The highest BCUT2D eigenvalue weighted by molar-refractivity contribution is 5.74. The van der Waals surface area contributed by atoms with E-state index in [1.165, 1.54) is 0 Å². The van der Waals surface area contributed by atoms with Crippen molar-refractivity contribution in [3.63, 3.8) is 0 Å². The van der Waals surface area contributed by atoms with Crippen LogP contribution in [0.25, 0.3) is 11.3 Å². The number of hydrogen-bond acceptors (Lipinski definition) is 5. The van der Waals surface area contributed by atoms with Crippen LogP contribution in [0.1, 0.15) is 12.2 Å². The number of anilines is 1. The smallest absolute Gasteiger partial charge is 0.126 e. The lowest BCUT2D eigenvalue weighted by Crippen LogP contribution is -2.10. The molecule has 1 aromatic carbocycles. The maximum atomic E-state index is 5.52. The standard InChI is InChI=1S/C15H20N4O/c1-11-18-10-14(17-8-4-7-16)15(19-11)12-5-3-6-13(9-12)20-2/h3,5-6,9-10,17H,4,7-8,16H2,1-2H3. The summed E-state index contributed by atoms with van der Waals surface area (Å²) in [6.45, 7) is 3.35. The average molecular weight is 272 g/mol. The minimum Gasteiger partial charge on any atom is -0.497 e. The zero-order valence-electron chi connectivity index (χ0n) is 11.9. The molecule has 0 atom stereocenters. The van der Waals surface area contributed by atoms with Gasteiger partial charge in [-0.2, -0.15) is 0 Å². The van der Waals surface area contributed by atoms with Gasteiger partial charge in [-0.05, 0) is 32.0 Å². The summed E-state index contributed by atoms with van der Waals surface area (Å²) < 4.78 is 5.26. The largest absolute Gasteiger partial charge is 0.497 e. The Morgan fingerprint density at radius 1 is 1.35 bits per heavy atom. The minimum atomic E-state index is 0.661. The molecule has 0 fully saturated rings. The fourth-order valence-corrected chi connectivity index (χ4v) is 1.91. The predicted octanol–water partition coefficient (Wildman–Crippen LogP) is 2.22. The first-order chi connectivity index (χ1) is 9.74. The van der Waals surface area contributed by atoms with Crippen molar-refractivity contribution in [1.82, 2.24) is 9.97 Å². The predicted molar refractivity (Wildman–Crippen MR) is 80.9 cm³/mol. The first kappa shape index (κ1) is 14.3. The van der Waals surface area contributed by atoms with Crippen LogP contribution in [-0.2, 0) is 0 Å². The number of aryl methyl sites for hydroxylation is 1. The van der Waals surface area contributed by atoms with Gasteiger partial charge in [-0.1, -0.05) is 12.1 Å². The lowest BCUT2D eigenvalue weighted by atomic mass is 10.1. The number of nitrogens with two attached hydrogens (primary N) is 1. The highest BCUT2D eigenvalue weighted by atomic mass is 16.5. The van der Waals surface area contributed by atoms with Crippen molar-refractivity contribution in [2.45, 2.75) is 13.3 Å². The molecule has 0 saturated heterocycles. The van der Waals surface area contributed by atoms with E-state index < -0.39 is 0 Å². The number of ether oxygens (including phenoxy) is 1. The number of aromatic nitrogens is 2. The first-order valence-corrected chi connectivity index (χ1v) is 6.66. The summed E-state index contributed by atoms with van der Waals surface area (Å²) in [5.74, 6) is 1.55. The van der Waals surface area contributed by atoms with Gasteiger partial charge in [-0.3, -0.25) is 0 Å². The van der Waals surface area contributed by atoms with Crippen LogP contribution in [0.3, 0.4) is 0 Å². The normalized spacial score (nSPS) is 10.3. The van der Waals surface area contributed by atoms with Gasteiger partial charge in [0.15, 0.2) is 0 Å². The summed E-state index contributed by atoms with van der Waals surface area (Å²) in [6.07, 6.45) is 2.72. The second-order valence-corrected chi connectivity index (χ2v) is 4.48. The van der Waals surface area contributed by atoms with Crippen LogP contribution in [0, 0.1) is 6.92 Å². The average Bonchev–Trinajstić information content (AvgIpc) is 2.49. The Balaban J connectivity index is 2.34. The van der Waals surface area contributed by atoms with Crippen LogP contribution < -0.4 is 15.8 Å². The maximum Gasteiger partial charge on any atom is 0.126 e. The van der Waals surface area contributed by atoms with Crippen molar-refractivity contribution in [3.8, 4) is 17.0 Å². The summed E-state index contributed by atoms with van der Waals surface area (Å²) in [7, 11) is 1.66. The molecule has 0 radical (unpaired) electrons. The summed E-state index contributed by atoms with van der Waals surface area (Å²) in [5, 5.41) is 3.33. The van der Waals surface area contributed by atoms with E-state index in [-0.39, 0.29) is 0 Å². The van der Waals surface area contributed by atoms with Gasteiger partial charge in [0, 0.05) is 12.1 Å². The third-order valence-electron chi connectivity index (χ3n) is 2.95. The number of benzene rings is 1. The van der Waals surface area contributed by atoms with E-state index >= 15 is 0 Å². The van der Waals surface area contributed by atoms with E-state index in [0.717, 1.165) is 41.5 Å². The summed E-state index contributed by atoms with van der Waals surface area (Å²) >= 11 is 0. The Kier molecular flexibility index (Phi) is 4.90. The van der Waals surface area contributed by atoms with Gasteiger partial charge < -0.3 is 15.8 Å². The molecule has 0 saturated carbocycles. The lowest BCUT2D eigenvalue weighted by Gasteiger charge is -2.12. The summed E-state index contributed by atoms with van der Waals surface area (Å²) in [6, 6.07) is 7.85. The van der Waals surface area contributed by atoms with Crippen molar-refractivity contribution in [2.24, 2.45) is 5.73 Å². The van der Waals surface area contributed by atoms with E-state index in [1.807, 2.05) is 37.4 Å². The molecule has 3 N–H and O–H groups in total. The zero-order valence-corrected chi connectivity index (χ0v) is 11.9. The van der Waals surface area contributed by atoms with Gasteiger partial charge >= 0.3 is 0 Å². The van der Waals surface area contributed by atoms with Gasteiger partial charge in [0.2, 0.25) is 0 Å². The molecule has 0 aliphatic rings. The van der Waals surface area contributed by atoms with E-state index in [1.54, 1.807) is 7.11 Å². The molecule has 1 heterocycles. The molecule has 1 aromatic heterocycles. The van der Waals surface area contributed by atoms with Gasteiger partial charge in [-0.25, -0.2) is 9.97 Å². The summed E-state index contributed by atoms with van der Waals surface area (Å²) in [4.78, 5) is 8.79. The van der Waals surface area contributed by atoms with Gasteiger partial charge in [0.05, 0.1) is 24.7 Å². The third-order valence-corrected chi connectivity index (χ3v) is 2.95. The number of methoxy groups -OCH3 is 1. The Morgan fingerprint density at radius 2 is 2.20 bits per heavy atom. The second kappa shape index (κ2) is 6.86. The topological polar surface area (TPSA) is 73.1 Å². The van der Waals surface area contributed by atoms with Crippen molar-refractivity contribution >= 4 is 5.69 Å². The molecule has 0 spiro atoms. The Hall–Kier alpha value is -2.14. The van der Waals surface area contributed by atoms with Crippen molar-refractivity contribution in [2.75, 3.05) is 25.5 Å². The molecule has 106 valence electrons. The fraction of sp³-hybridized carbons (Fsp3) is 0.333. The molecule has 5 heteroatoms. The van der Waals surface area contributed by atoms with Crippen LogP contribution in [0.15, 0.2) is 30.5 Å². The van der Waals surface area contributed by atoms with Crippen molar-refractivity contribution in [1.29, 1.82) is 0 Å². The molecule has 2 rings (SSSR count). The molecular weight excluding hydrogens is 252 g/mol. The van der Waals surface area contributed by atoms with Crippen molar-refractivity contribution < 1.29 is 4.74 Å². The van der Waals surface area contributed by atoms with Crippen LogP contribution in [-0.4, -0.2) is 30.2 Å². The van der Waals surface area contributed by atoms with E-state index in [9.17, 15) is 0 Å². The van der Waals surface area contributed by atoms with Gasteiger partial charge in [0.25, 0.3) is 0 Å². The van der Waals surface area contributed by atoms with Gasteiger partial charge in [0.1, 0.15) is 11.6 Å². The molecule has 0 unspecified atom stereocenters. The zero-order chi connectivity index (χ0) is 14.4. The van der Waals surface area contributed by atoms with Crippen LogP contribution in [0.2, 0.25) is 0 Å². The number of rotatable bonds is 6. The molecule has 2 aromatic rings. The molecule has 0 bridgehead atoms. The maximum absolute atomic E-state index is 5.52. The fourth-order valence-electron chi connectivity index (χ4n) is 1.91. The van der Waals surface area contributed by atoms with E-state index in [2.05, 4.69) is 15.3 Å². The second-order valence-electron chi connectivity index (χ2n) is 4.48. The Morgan fingerprint density at radius 3 is 2.95 bits per heavy atom. The molecule has 5 nitrogen and oxygen atoms in total. The molecule has 0 amide bonds. The van der Waals surface area contributed by atoms with E-state index in [4.69, 9.17) is 10.5 Å². The first-order valence-electron chi connectivity index (χ1n) is 6.66. The minimum absolute atomic E-state index is 0.661. The van der Waals surface area contributed by atoms with Gasteiger partial charge in [-0.15, -0.1) is 0 Å². The number of hydrogen-bond donors (Lipinski definition) is 2. The third kappa shape index (κ3) is 3.45. The number of nitrogens with zero attached hydrogens (tertiary/aromatic N) is 2. The van der Waals surface area contributed by atoms with Crippen LogP contribution in [0.4, 0.5) is 5.69 Å². The Bertz CT molecular complexity index is 572. The highest BCUT2D eigenvalue weighted by Gasteiger charge is 2.09. The summed E-state index contributed by atoms with van der Waals surface area (Å²) in [5.41, 5.74) is 8.32. The van der Waals surface area contributed by atoms with Crippen LogP contribution in [0.5, 0.6) is 5.75 Å². The number of nitrogens with one attached hydrogen (secondary N) is 1. The van der Waals surface area contributed by atoms with E-state index in [0.29, 0.717) is 6.54 Å². The molecule has 20 heavy (non-hydrogen) atoms. The SMILES string of the molecule is COc1cccc(-c2nc(C)ncc2NCCCN)c1. The highest BCUT2D eigenvalue weighted by Crippen LogP contribution is 2.28. The lowest BCUT2D eigenvalue weighted by molar-refractivity contribution is 0.415. The van der Waals surface area contributed by atoms with Crippen molar-refractivity contribution in [3.05, 3.63) is 36.3 Å². The quantitative estimate of drug-likeness (QED) is 0.789. The molecule has 0 aliphatic heterocycles.